The normalized spacial score (nSPS) is 20.0. The van der Waals surface area contributed by atoms with Crippen molar-refractivity contribution < 1.29 is 9.21 Å². The van der Waals surface area contributed by atoms with Gasteiger partial charge in [0.25, 0.3) is 5.91 Å². The molecule has 3 aromatic rings. The molecule has 3 heterocycles. The summed E-state index contributed by atoms with van der Waals surface area (Å²) >= 11 is 0. The highest BCUT2D eigenvalue weighted by molar-refractivity contribution is 5.93. The first kappa shape index (κ1) is 15.3. The van der Waals surface area contributed by atoms with Crippen molar-refractivity contribution in [2.45, 2.75) is 31.2 Å². The minimum atomic E-state index is -0.252. The number of amides is 1. The van der Waals surface area contributed by atoms with Crippen molar-refractivity contribution in [2.24, 2.45) is 0 Å². The molecule has 1 aromatic carbocycles. The summed E-state index contributed by atoms with van der Waals surface area (Å²) in [5.74, 6) is 0.402. The van der Waals surface area contributed by atoms with E-state index >= 15 is 0 Å². The minimum absolute atomic E-state index is 0.0895. The second kappa shape index (κ2) is 5.79. The van der Waals surface area contributed by atoms with Gasteiger partial charge in [-0.15, -0.1) is 5.10 Å². The molecule has 5 rings (SSSR count). The number of hydrogen-bond donors (Lipinski definition) is 0. The van der Waals surface area contributed by atoms with Gasteiger partial charge in [0.1, 0.15) is 5.58 Å². The Balaban J connectivity index is 1.36. The average molecular weight is 350 g/mol. The molecular formula is C19H18N4O3. The minimum Gasteiger partial charge on any atom is -0.451 e. The molecule has 1 saturated heterocycles. The molecule has 7 heteroatoms. The molecule has 1 atom stereocenters. The second-order valence-corrected chi connectivity index (χ2v) is 7.06. The Bertz CT molecular complexity index is 1050. The Hall–Kier alpha value is -2.96. The first-order chi connectivity index (χ1) is 12.7. The molecule has 7 nitrogen and oxygen atoms in total. The number of benzene rings is 1. The Kier molecular flexibility index (Phi) is 3.41. The standard InChI is InChI=1S/C19H18N4O3/c24-16-9-18(26-17-4-2-1-3-14(16)17)19(25)22-8-7-13(10-22)23-11-15(20-21-23)12-5-6-12/h1-4,9,11-13H,5-8,10H2. The SMILES string of the molecule is O=C(c1cc(=O)c2ccccc2o1)N1CCC(n2cc(C3CC3)nn2)C1. The molecule has 1 unspecified atom stereocenters. The first-order valence-corrected chi connectivity index (χ1v) is 8.93. The smallest absolute Gasteiger partial charge is 0.289 e. The van der Waals surface area contributed by atoms with E-state index in [1.165, 1.54) is 18.9 Å². The lowest BCUT2D eigenvalue weighted by Gasteiger charge is -2.15. The largest absolute Gasteiger partial charge is 0.451 e. The molecule has 0 radical (unpaired) electrons. The van der Waals surface area contributed by atoms with Crippen LogP contribution in [0.15, 0.2) is 45.7 Å². The fraction of sp³-hybridized carbons (Fsp3) is 0.368. The zero-order valence-electron chi connectivity index (χ0n) is 14.2. The Labute approximate surface area is 149 Å². The van der Waals surface area contributed by atoms with Crippen molar-refractivity contribution in [3.05, 3.63) is 58.2 Å². The van der Waals surface area contributed by atoms with Gasteiger partial charge in [-0.2, -0.15) is 0 Å². The van der Waals surface area contributed by atoms with Crippen LogP contribution in [0.5, 0.6) is 0 Å². The summed E-state index contributed by atoms with van der Waals surface area (Å²) in [6, 6.07) is 8.37. The van der Waals surface area contributed by atoms with Crippen LogP contribution in [0.3, 0.4) is 0 Å². The maximum absolute atomic E-state index is 12.8. The van der Waals surface area contributed by atoms with Crippen LogP contribution in [0.4, 0.5) is 0 Å². The molecule has 1 amide bonds. The number of para-hydroxylation sites is 1. The van der Waals surface area contributed by atoms with E-state index in [9.17, 15) is 9.59 Å². The summed E-state index contributed by atoms with van der Waals surface area (Å²) < 4.78 is 7.55. The van der Waals surface area contributed by atoms with Crippen molar-refractivity contribution in [3.8, 4) is 0 Å². The van der Waals surface area contributed by atoms with Crippen LogP contribution < -0.4 is 5.43 Å². The van der Waals surface area contributed by atoms with Crippen molar-refractivity contribution in [1.29, 1.82) is 0 Å². The predicted molar refractivity (Wildman–Crippen MR) is 94.0 cm³/mol. The van der Waals surface area contributed by atoms with Crippen molar-refractivity contribution in [3.63, 3.8) is 0 Å². The maximum atomic E-state index is 12.8. The average Bonchev–Trinajstić information content (AvgIpc) is 3.19. The lowest BCUT2D eigenvalue weighted by atomic mass is 10.2. The first-order valence-electron chi connectivity index (χ1n) is 8.93. The topological polar surface area (TPSA) is 81.2 Å². The molecule has 2 aliphatic rings. The van der Waals surface area contributed by atoms with E-state index in [-0.39, 0.29) is 23.1 Å². The van der Waals surface area contributed by atoms with Crippen LogP contribution in [0.25, 0.3) is 11.0 Å². The zero-order chi connectivity index (χ0) is 17.7. The van der Waals surface area contributed by atoms with E-state index in [0.717, 1.165) is 12.1 Å². The highest BCUT2D eigenvalue weighted by Gasteiger charge is 2.32. The third-order valence-corrected chi connectivity index (χ3v) is 5.19. The van der Waals surface area contributed by atoms with Crippen LogP contribution >= 0.6 is 0 Å². The van der Waals surface area contributed by atoms with E-state index in [2.05, 4.69) is 10.3 Å². The number of aromatic nitrogens is 3. The predicted octanol–water partition coefficient (Wildman–Crippen LogP) is 2.35. The van der Waals surface area contributed by atoms with Crippen LogP contribution in [-0.2, 0) is 0 Å². The zero-order valence-corrected chi connectivity index (χ0v) is 14.2. The summed E-state index contributed by atoms with van der Waals surface area (Å²) in [7, 11) is 0. The van der Waals surface area contributed by atoms with E-state index in [0.29, 0.717) is 30.0 Å². The maximum Gasteiger partial charge on any atom is 0.289 e. The summed E-state index contributed by atoms with van der Waals surface area (Å²) in [5, 5.41) is 8.97. The van der Waals surface area contributed by atoms with E-state index in [1.807, 2.05) is 10.9 Å². The van der Waals surface area contributed by atoms with Crippen LogP contribution in [0.1, 0.15) is 47.5 Å². The van der Waals surface area contributed by atoms with Gasteiger partial charge in [0.05, 0.1) is 17.1 Å². The van der Waals surface area contributed by atoms with E-state index in [1.54, 1.807) is 29.2 Å². The van der Waals surface area contributed by atoms with Gasteiger partial charge in [0.2, 0.25) is 0 Å². The molecule has 1 aliphatic heterocycles. The lowest BCUT2D eigenvalue weighted by molar-refractivity contribution is 0.0756. The van der Waals surface area contributed by atoms with Gasteiger partial charge >= 0.3 is 0 Å². The molecule has 1 saturated carbocycles. The van der Waals surface area contributed by atoms with Crippen molar-refractivity contribution in [1.82, 2.24) is 19.9 Å². The number of hydrogen-bond acceptors (Lipinski definition) is 5. The molecule has 132 valence electrons. The van der Waals surface area contributed by atoms with Gasteiger partial charge in [-0.05, 0) is 31.4 Å². The van der Waals surface area contributed by atoms with Gasteiger partial charge in [-0.3, -0.25) is 9.59 Å². The van der Waals surface area contributed by atoms with Crippen LogP contribution in [0, 0.1) is 0 Å². The third-order valence-electron chi connectivity index (χ3n) is 5.19. The lowest BCUT2D eigenvalue weighted by Crippen LogP contribution is -2.29. The number of carbonyl (C=O) groups is 1. The highest BCUT2D eigenvalue weighted by atomic mass is 16.3. The molecular weight excluding hydrogens is 332 g/mol. The van der Waals surface area contributed by atoms with Gasteiger partial charge in [-0.25, -0.2) is 4.68 Å². The third kappa shape index (κ3) is 2.60. The van der Waals surface area contributed by atoms with Crippen LogP contribution in [-0.4, -0.2) is 38.9 Å². The number of nitrogens with zero attached hydrogens (tertiary/aromatic N) is 4. The number of fused-ring (bicyclic) bond motifs is 1. The van der Waals surface area contributed by atoms with E-state index < -0.39 is 0 Å². The molecule has 2 aromatic heterocycles. The van der Waals surface area contributed by atoms with Crippen molar-refractivity contribution >= 4 is 16.9 Å². The summed E-state index contributed by atoms with van der Waals surface area (Å²) in [5.41, 5.74) is 1.29. The van der Waals surface area contributed by atoms with Gasteiger partial charge in [0, 0.05) is 31.3 Å². The Morgan fingerprint density at radius 3 is 2.88 bits per heavy atom. The Morgan fingerprint density at radius 1 is 1.19 bits per heavy atom. The number of likely N-dealkylation sites (tertiary alicyclic amines) is 1. The fourth-order valence-electron chi connectivity index (χ4n) is 3.54. The number of carbonyl (C=O) groups excluding carboxylic acids is 1. The van der Waals surface area contributed by atoms with Gasteiger partial charge in [0.15, 0.2) is 11.2 Å². The highest BCUT2D eigenvalue weighted by Crippen LogP contribution is 2.39. The molecule has 1 aliphatic carbocycles. The van der Waals surface area contributed by atoms with Gasteiger partial charge < -0.3 is 9.32 Å². The number of rotatable bonds is 3. The quantitative estimate of drug-likeness (QED) is 0.724. The Morgan fingerprint density at radius 2 is 2.04 bits per heavy atom. The van der Waals surface area contributed by atoms with Crippen molar-refractivity contribution in [2.75, 3.05) is 13.1 Å². The molecule has 26 heavy (non-hydrogen) atoms. The van der Waals surface area contributed by atoms with Gasteiger partial charge in [-0.1, -0.05) is 17.3 Å². The second-order valence-electron chi connectivity index (χ2n) is 7.06. The summed E-state index contributed by atoms with van der Waals surface area (Å²) in [6.45, 7) is 1.15. The van der Waals surface area contributed by atoms with E-state index in [4.69, 9.17) is 4.42 Å². The summed E-state index contributed by atoms with van der Waals surface area (Å²) in [6.07, 6.45) is 5.20. The molecule has 0 bridgehead atoms. The van der Waals surface area contributed by atoms with Crippen LogP contribution in [0.2, 0.25) is 0 Å². The summed E-state index contributed by atoms with van der Waals surface area (Å²) in [4.78, 5) is 26.7. The molecule has 0 N–H and O–H groups in total. The molecule has 0 spiro atoms. The fourth-order valence-corrected chi connectivity index (χ4v) is 3.54. The molecule has 2 fully saturated rings. The monoisotopic (exact) mass is 350 g/mol.